The maximum Gasteiger partial charge on any atom is 0.305 e. The van der Waals surface area contributed by atoms with Crippen LogP contribution in [0.25, 0.3) is 0 Å². The first kappa shape index (κ1) is 15.5. The molecule has 1 aromatic heterocycles. The molecule has 0 saturated heterocycles. The van der Waals surface area contributed by atoms with E-state index in [-0.39, 0.29) is 17.7 Å². The second-order valence-corrected chi connectivity index (χ2v) is 5.44. The number of carbonyl (C=O) groups is 2. The maximum atomic E-state index is 12.4. The number of ether oxygens (including phenoxy) is 1. The van der Waals surface area contributed by atoms with Gasteiger partial charge >= 0.3 is 5.97 Å². The highest BCUT2D eigenvalue weighted by Gasteiger charge is 2.43. The first-order valence-corrected chi connectivity index (χ1v) is 7.11. The molecule has 116 valence electrons. The Hall–Kier alpha value is -1.89. The largest absolute Gasteiger partial charge is 0.481 e. The number of anilines is 1. The number of aromatic nitrogens is 2. The van der Waals surface area contributed by atoms with Gasteiger partial charge in [0.2, 0.25) is 5.91 Å². The predicted octanol–water partition coefficient (Wildman–Crippen LogP) is 1.50. The lowest BCUT2D eigenvalue weighted by Crippen LogP contribution is -2.42. The fourth-order valence-electron chi connectivity index (χ4n) is 2.50. The molecule has 0 aliphatic heterocycles. The lowest BCUT2D eigenvalue weighted by molar-refractivity contribution is -0.137. The molecule has 2 rings (SSSR count). The van der Waals surface area contributed by atoms with Crippen molar-refractivity contribution in [2.24, 2.45) is 5.41 Å². The van der Waals surface area contributed by atoms with Gasteiger partial charge in [0.05, 0.1) is 18.4 Å². The van der Waals surface area contributed by atoms with Crippen LogP contribution in [0.2, 0.25) is 0 Å². The van der Waals surface area contributed by atoms with Crippen molar-refractivity contribution >= 4 is 17.7 Å². The van der Waals surface area contributed by atoms with Crippen LogP contribution in [0.15, 0.2) is 12.3 Å². The highest BCUT2D eigenvalue weighted by molar-refractivity contribution is 5.95. The first-order chi connectivity index (χ1) is 10.1. The van der Waals surface area contributed by atoms with Gasteiger partial charge in [-0.05, 0) is 19.3 Å². The molecule has 1 amide bonds. The highest BCUT2D eigenvalue weighted by Crippen LogP contribution is 2.44. The number of carboxylic acid groups (broad SMARTS) is 1. The Kier molecular flexibility index (Phi) is 4.95. The van der Waals surface area contributed by atoms with Crippen LogP contribution in [-0.4, -0.2) is 40.5 Å². The van der Waals surface area contributed by atoms with Gasteiger partial charge < -0.3 is 15.2 Å². The average Bonchev–Trinajstić information content (AvgIpc) is 2.83. The third kappa shape index (κ3) is 3.81. The van der Waals surface area contributed by atoms with Crippen LogP contribution >= 0.6 is 0 Å². The molecular weight excluding hydrogens is 274 g/mol. The number of aliphatic carboxylic acids is 1. The van der Waals surface area contributed by atoms with E-state index in [0.717, 1.165) is 25.7 Å². The number of carboxylic acids is 1. The SMILES string of the molecule is COCCC1(C(=O)Nc2ccn(CCC(=O)O)n2)CCC1. The molecule has 0 radical (unpaired) electrons. The molecule has 1 heterocycles. The van der Waals surface area contributed by atoms with Gasteiger partial charge in [-0.25, -0.2) is 0 Å². The van der Waals surface area contributed by atoms with E-state index in [1.165, 1.54) is 4.68 Å². The van der Waals surface area contributed by atoms with Crippen molar-refractivity contribution in [1.82, 2.24) is 9.78 Å². The van der Waals surface area contributed by atoms with Crippen LogP contribution in [0, 0.1) is 5.41 Å². The van der Waals surface area contributed by atoms with E-state index in [2.05, 4.69) is 10.4 Å². The molecular formula is C14H21N3O4. The van der Waals surface area contributed by atoms with Gasteiger partial charge in [-0.3, -0.25) is 14.3 Å². The van der Waals surface area contributed by atoms with Gasteiger partial charge in [0, 0.05) is 26.0 Å². The van der Waals surface area contributed by atoms with Crippen molar-refractivity contribution in [2.75, 3.05) is 19.0 Å². The number of methoxy groups -OCH3 is 1. The van der Waals surface area contributed by atoms with E-state index < -0.39 is 5.97 Å². The molecule has 2 N–H and O–H groups in total. The van der Waals surface area contributed by atoms with E-state index in [1.807, 2.05) is 0 Å². The number of amides is 1. The number of aryl methyl sites for hydroxylation is 1. The summed E-state index contributed by atoms with van der Waals surface area (Å²) < 4.78 is 6.60. The molecule has 1 saturated carbocycles. The number of carbonyl (C=O) groups excluding carboxylic acids is 1. The molecule has 1 fully saturated rings. The molecule has 0 unspecified atom stereocenters. The van der Waals surface area contributed by atoms with E-state index in [9.17, 15) is 9.59 Å². The summed E-state index contributed by atoms with van der Waals surface area (Å²) in [5.41, 5.74) is -0.332. The summed E-state index contributed by atoms with van der Waals surface area (Å²) in [6, 6.07) is 1.68. The molecule has 1 aliphatic rings. The molecule has 0 atom stereocenters. The van der Waals surface area contributed by atoms with Gasteiger partial charge in [0.1, 0.15) is 0 Å². The Morgan fingerprint density at radius 3 is 2.86 bits per heavy atom. The first-order valence-electron chi connectivity index (χ1n) is 7.11. The van der Waals surface area contributed by atoms with Crippen molar-refractivity contribution in [2.45, 2.75) is 38.6 Å². The van der Waals surface area contributed by atoms with Crippen molar-refractivity contribution in [3.63, 3.8) is 0 Å². The Bertz CT molecular complexity index is 508. The number of nitrogens with zero attached hydrogens (tertiary/aromatic N) is 2. The Morgan fingerprint density at radius 1 is 1.52 bits per heavy atom. The van der Waals surface area contributed by atoms with Crippen molar-refractivity contribution < 1.29 is 19.4 Å². The maximum absolute atomic E-state index is 12.4. The minimum absolute atomic E-state index is 0.00679. The molecule has 21 heavy (non-hydrogen) atoms. The fourth-order valence-corrected chi connectivity index (χ4v) is 2.50. The minimum atomic E-state index is -0.871. The zero-order chi connectivity index (χ0) is 15.3. The third-order valence-electron chi connectivity index (χ3n) is 4.01. The van der Waals surface area contributed by atoms with E-state index in [1.54, 1.807) is 19.4 Å². The van der Waals surface area contributed by atoms with Crippen LogP contribution in [0.4, 0.5) is 5.82 Å². The van der Waals surface area contributed by atoms with Crippen LogP contribution in [0.1, 0.15) is 32.1 Å². The Balaban J connectivity index is 1.91. The topological polar surface area (TPSA) is 93.5 Å². The smallest absolute Gasteiger partial charge is 0.305 e. The Morgan fingerprint density at radius 2 is 2.29 bits per heavy atom. The predicted molar refractivity (Wildman–Crippen MR) is 75.9 cm³/mol. The molecule has 7 heteroatoms. The van der Waals surface area contributed by atoms with E-state index in [0.29, 0.717) is 19.0 Å². The average molecular weight is 295 g/mol. The van der Waals surface area contributed by atoms with Gasteiger partial charge in [0.15, 0.2) is 5.82 Å². The molecule has 1 aliphatic carbocycles. The lowest BCUT2D eigenvalue weighted by Gasteiger charge is -2.39. The molecule has 1 aromatic rings. The summed E-state index contributed by atoms with van der Waals surface area (Å²) in [6.45, 7) is 0.862. The number of rotatable bonds is 8. The molecule has 0 aromatic carbocycles. The number of nitrogens with one attached hydrogen (secondary N) is 1. The normalized spacial score (nSPS) is 16.2. The van der Waals surface area contributed by atoms with Crippen LogP contribution in [-0.2, 0) is 20.9 Å². The fraction of sp³-hybridized carbons (Fsp3) is 0.643. The molecule has 0 bridgehead atoms. The standard InChI is InChI=1S/C14H21N3O4/c1-21-10-7-14(5-2-6-14)13(20)15-11-3-8-17(16-11)9-4-12(18)19/h3,8H,2,4-7,9-10H2,1H3,(H,18,19)(H,15,16,20). The Labute approximate surface area is 123 Å². The zero-order valence-corrected chi connectivity index (χ0v) is 12.2. The number of hydrogen-bond donors (Lipinski definition) is 2. The minimum Gasteiger partial charge on any atom is -0.481 e. The van der Waals surface area contributed by atoms with Crippen LogP contribution < -0.4 is 5.32 Å². The summed E-state index contributed by atoms with van der Waals surface area (Å²) >= 11 is 0. The van der Waals surface area contributed by atoms with Crippen LogP contribution in [0.5, 0.6) is 0 Å². The van der Waals surface area contributed by atoms with E-state index >= 15 is 0 Å². The summed E-state index contributed by atoms with van der Waals surface area (Å²) in [7, 11) is 1.63. The molecule has 0 spiro atoms. The third-order valence-corrected chi connectivity index (χ3v) is 4.01. The summed E-state index contributed by atoms with van der Waals surface area (Å²) in [5, 5.41) is 15.6. The second kappa shape index (κ2) is 6.71. The molecule has 7 nitrogen and oxygen atoms in total. The quantitative estimate of drug-likeness (QED) is 0.758. The van der Waals surface area contributed by atoms with Gasteiger partial charge in [-0.15, -0.1) is 0 Å². The van der Waals surface area contributed by atoms with Gasteiger partial charge in [0.25, 0.3) is 0 Å². The van der Waals surface area contributed by atoms with Crippen LogP contribution in [0.3, 0.4) is 0 Å². The van der Waals surface area contributed by atoms with Crippen molar-refractivity contribution in [3.8, 4) is 0 Å². The van der Waals surface area contributed by atoms with E-state index in [4.69, 9.17) is 9.84 Å². The number of hydrogen-bond acceptors (Lipinski definition) is 4. The summed E-state index contributed by atoms with van der Waals surface area (Å²) in [4.78, 5) is 22.9. The monoisotopic (exact) mass is 295 g/mol. The second-order valence-electron chi connectivity index (χ2n) is 5.44. The summed E-state index contributed by atoms with van der Waals surface area (Å²) in [5.74, 6) is -0.424. The van der Waals surface area contributed by atoms with Crippen molar-refractivity contribution in [1.29, 1.82) is 0 Å². The van der Waals surface area contributed by atoms with Gasteiger partial charge in [-0.1, -0.05) is 6.42 Å². The summed E-state index contributed by atoms with van der Waals surface area (Å²) in [6.07, 6.45) is 5.21. The van der Waals surface area contributed by atoms with Crippen molar-refractivity contribution in [3.05, 3.63) is 12.3 Å². The highest BCUT2D eigenvalue weighted by atomic mass is 16.5. The lowest BCUT2D eigenvalue weighted by atomic mass is 9.66. The van der Waals surface area contributed by atoms with Gasteiger partial charge in [-0.2, -0.15) is 5.10 Å². The zero-order valence-electron chi connectivity index (χ0n) is 12.2.